The van der Waals surface area contributed by atoms with Gasteiger partial charge in [0.15, 0.2) is 0 Å². The van der Waals surface area contributed by atoms with Gasteiger partial charge in [0, 0.05) is 36.2 Å². The van der Waals surface area contributed by atoms with Crippen LogP contribution in [0.15, 0.2) is 55.0 Å². The first-order valence-electron chi connectivity index (χ1n) is 8.01. The molecule has 0 radical (unpaired) electrons. The third kappa shape index (κ3) is 4.87. The number of benzene rings is 1. The molecule has 3 aromatic rings. The van der Waals surface area contributed by atoms with E-state index in [4.69, 9.17) is 0 Å². The quantitative estimate of drug-likeness (QED) is 0.752. The van der Waals surface area contributed by atoms with Crippen molar-refractivity contribution in [3.05, 3.63) is 76.0 Å². The molecule has 1 aromatic carbocycles. The Kier molecular flexibility index (Phi) is 5.40. The lowest BCUT2D eigenvalue weighted by molar-refractivity contribution is 0.221. The molecule has 0 fully saturated rings. The second kappa shape index (κ2) is 7.90. The normalized spacial score (nSPS) is 10.5. The first-order chi connectivity index (χ1) is 12.1. The highest BCUT2D eigenvalue weighted by Crippen LogP contribution is 2.16. The molecule has 0 aliphatic carbocycles. The van der Waals surface area contributed by atoms with Crippen LogP contribution in [0.2, 0.25) is 0 Å². The van der Waals surface area contributed by atoms with E-state index in [1.54, 1.807) is 35.7 Å². The summed E-state index contributed by atoms with van der Waals surface area (Å²) in [6, 6.07) is 11.8. The van der Waals surface area contributed by atoms with Crippen LogP contribution in [0.5, 0.6) is 0 Å². The standard InChI is InChI=1S/C19H20N4OS/c1-14-21-12-18(25-14)13-23(2)19(24)22-17-5-3-15(4-6-17)11-16-7-9-20-10-8-16/h3-10,12H,11,13H2,1-2H3,(H,22,24). The number of aryl methyl sites for hydroxylation is 1. The molecule has 25 heavy (non-hydrogen) atoms. The smallest absolute Gasteiger partial charge is 0.321 e. The third-order valence-electron chi connectivity index (χ3n) is 3.77. The molecule has 0 spiro atoms. The van der Waals surface area contributed by atoms with Crippen molar-refractivity contribution in [2.75, 3.05) is 12.4 Å². The van der Waals surface area contributed by atoms with Gasteiger partial charge in [0.2, 0.25) is 0 Å². The highest BCUT2D eigenvalue weighted by Gasteiger charge is 2.11. The molecule has 0 bridgehead atoms. The molecule has 3 rings (SSSR count). The summed E-state index contributed by atoms with van der Waals surface area (Å²) >= 11 is 1.61. The van der Waals surface area contributed by atoms with Gasteiger partial charge in [0.1, 0.15) is 0 Å². The average molecular weight is 352 g/mol. The number of nitrogens with zero attached hydrogens (tertiary/aromatic N) is 3. The predicted molar refractivity (Wildman–Crippen MR) is 101 cm³/mol. The fourth-order valence-corrected chi connectivity index (χ4v) is 3.29. The van der Waals surface area contributed by atoms with Crippen molar-refractivity contribution in [2.24, 2.45) is 0 Å². The van der Waals surface area contributed by atoms with E-state index in [2.05, 4.69) is 15.3 Å². The minimum atomic E-state index is -0.132. The molecule has 0 saturated carbocycles. The van der Waals surface area contributed by atoms with Crippen molar-refractivity contribution >= 4 is 23.1 Å². The van der Waals surface area contributed by atoms with E-state index in [1.165, 1.54) is 11.1 Å². The number of carbonyl (C=O) groups excluding carboxylic acids is 1. The fourth-order valence-electron chi connectivity index (χ4n) is 2.45. The SMILES string of the molecule is Cc1ncc(CN(C)C(=O)Nc2ccc(Cc3ccncc3)cc2)s1. The number of hydrogen-bond acceptors (Lipinski definition) is 4. The molecule has 128 valence electrons. The topological polar surface area (TPSA) is 58.1 Å². The molecule has 1 N–H and O–H groups in total. The van der Waals surface area contributed by atoms with Crippen molar-refractivity contribution in [2.45, 2.75) is 19.9 Å². The second-order valence-electron chi connectivity index (χ2n) is 5.86. The summed E-state index contributed by atoms with van der Waals surface area (Å²) in [5.41, 5.74) is 3.19. The molecule has 0 atom stereocenters. The fraction of sp³-hybridized carbons (Fsp3) is 0.211. The van der Waals surface area contributed by atoms with Gasteiger partial charge in [0.05, 0.1) is 11.6 Å². The van der Waals surface area contributed by atoms with Crippen molar-refractivity contribution < 1.29 is 4.79 Å². The first kappa shape index (κ1) is 17.1. The van der Waals surface area contributed by atoms with E-state index in [0.29, 0.717) is 6.54 Å². The van der Waals surface area contributed by atoms with Crippen LogP contribution in [-0.4, -0.2) is 27.9 Å². The molecule has 2 amide bonds. The number of pyridine rings is 1. The Labute approximate surface area is 151 Å². The maximum Gasteiger partial charge on any atom is 0.321 e. The average Bonchev–Trinajstić information content (AvgIpc) is 3.02. The molecule has 2 heterocycles. The minimum Gasteiger partial charge on any atom is -0.322 e. The summed E-state index contributed by atoms with van der Waals surface area (Å²) in [6.45, 7) is 2.51. The van der Waals surface area contributed by atoms with Gasteiger partial charge in [0.25, 0.3) is 0 Å². The van der Waals surface area contributed by atoms with Crippen molar-refractivity contribution in [3.8, 4) is 0 Å². The highest BCUT2D eigenvalue weighted by molar-refractivity contribution is 7.11. The van der Waals surface area contributed by atoms with Gasteiger partial charge in [-0.05, 0) is 48.7 Å². The summed E-state index contributed by atoms with van der Waals surface area (Å²) in [4.78, 5) is 23.3. The largest absolute Gasteiger partial charge is 0.322 e. The van der Waals surface area contributed by atoms with Crippen LogP contribution in [0.4, 0.5) is 10.5 Å². The van der Waals surface area contributed by atoms with Gasteiger partial charge >= 0.3 is 6.03 Å². The van der Waals surface area contributed by atoms with E-state index in [-0.39, 0.29) is 6.03 Å². The number of nitrogens with one attached hydrogen (secondary N) is 1. The summed E-state index contributed by atoms with van der Waals surface area (Å²) in [6.07, 6.45) is 6.26. The molecule has 6 heteroatoms. The number of rotatable bonds is 5. The van der Waals surface area contributed by atoms with E-state index in [1.807, 2.05) is 49.5 Å². The number of thiazole rings is 1. The van der Waals surface area contributed by atoms with Gasteiger partial charge in [-0.1, -0.05) is 12.1 Å². The number of aromatic nitrogens is 2. The molecule has 5 nitrogen and oxygen atoms in total. The Morgan fingerprint density at radius 2 is 1.80 bits per heavy atom. The zero-order valence-electron chi connectivity index (χ0n) is 14.3. The molecule has 0 aliphatic heterocycles. The predicted octanol–water partition coefficient (Wildman–Crippen LogP) is 4.10. The lowest BCUT2D eigenvalue weighted by Gasteiger charge is -2.17. The van der Waals surface area contributed by atoms with Gasteiger partial charge in [-0.25, -0.2) is 9.78 Å². The zero-order chi connectivity index (χ0) is 17.6. The number of amides is 2. The van der Waals surface area contributed by atoms with Crippen LogP contribution in [0.3, 0.4) is 0 Å². The Morgan fingerprint density at radius 1 is 1.12 bits per heavy atom. The highest BCUT2D eigenvalue weighted by atomic mass is 32.1. The molecule has 0 saturated heterocycles. The van der Waals surface area contributed by atoms with E-state index in [0.717, 1.165) is 22.0 Å². The van der Waals surface area contributed by atoms with E-state index in [9.17, 15) is 4.79 Å². The zero-order valence-corrected chi connectivity index (χ0v) is 15.1. The molecule has 2 aromatic heterocycles. The summed E-state index contributed by atoms with van der Waals surface area (Å²) < 4.78 is 0. The number of carbonyl (C=O) groups is 1. The van der Waals surface area contributed by atoms with Crippen LogP contribution in [0.1, 0.15) is 21.0 Å². The Hall–Kier alpha value is -2.73. The van der Waals surface area contributed by atoms with Crippen LogP contribution in [0, 0.1) is 6.92 Å². The number of anilines is 1. The van der Waals surface area contributed by atoms with Crippen LogP contribution >= 0.6 is 11.3 Å². The summed E-state index contributed by atoms with van der Waals surface area (Å²) in [7, 11) is 1.78. The van der Waals surface area contributed by atoms with Gasteiger partial charge in [-0.15, -0.1) is 11.3 Å². The molecular weight excluding hydrogens is 332 g/mol. The van der Waals surface area contributed by atoms with Crippen molar-refractivity contribution in [3.63, 3.8) is 0 Å². The Balaban J connectivity index is 1.56. The molecular formula is C19H20N4OS. The van der Waals surface area contributed by atoms with Gasteiger partial charge in [-0.3, -0.25) is 4.98 Å². The first-order valence-corrected chi connectivity index (χ1v) is 8.83. The second-order valence-corrected chi connectivity index (χ2v) is 7.18. The summed E-state index contributed by atoms with van der Waals surface area (Å²) in [5.74, 6) is 0. The van der Waals surface area contributed by atoms with Crippen LogP contribution in [0.25, 0.3) is 0 Å². The Bertz CT molecular complexity index is 830. The lowest BCUT2D eigenvalue weighted by Crippen LogP contribution is -2.30. The van der Waals surface area contributed by atoms with Crippen molar-refractivity contribution in [1.29, 1.82) is 0 Å². The monoisotopic (exact) mass is 352 g/mol. The van der Waals surface area contributed by atoms with Gasteiger partial charge in [-0.2, -0.15) is 0 Å². The van der Waals surface area contributed by atoms with E-state index >= 15 is 0 Å². The lowest BCUT2D eigenvalue weighted by atomic mass is 10.1. The van der Waals surface area contributed by atoms with Crippen LogP contribution < -0.4 is 5.32 Å². The molecule has 0 aliphatic rings. The summed E-state index contributed by atoms with van der Waals surface area (Å²) in [5, 5.41) is 3.93. The maximum atomic E-state index is 12.3. The number of hydrogen-bond donors (Lipinski definition) is 1. The molecule has 0 unspecified atom stereocenters. The third-order valence-corrected chi connectivity index (χ3v) is 4.67. The van der Waals surface area contributed by atoms with Crippen LogP contribution in [-0.2, 0) is 13.0 Å². The number of urea groups is 1. The van der Waals surface area contributed by atoms with Gasteiger partial charge < -0.3 is 10.2 Å². The maximum absolute atomic E-state index is 12.3. The Morgan fingerprint density at radius 3 is 2.44 bits per heavy atom. The minimum absolute atomic E-state index is 0.132. The van der Waals surface area contributed by atoms with E-state index < -0.39 is 0 Å². The van der Waals surface area contributed by atoms with Crippen molar-refractivity contribution in [1.82, 2.24) is 14.9 Å².